The highest BCUT2D eigenvalue weighted by Gasteiger charge is 2.50. The molecule has 3 amide bonds. The number of urea groups is 1. The van der Waals surface area contributed by atoms with Gasteiger partial charge in [0.2, 0.25) is 5.91 Å². The van der Waals surface area contributed by atoms with E-state index in [9.17, 15) is 14.0 Å². The molecule has 2 aliphatic rings. The summed E-state index contributed by atoms with van der Waals surface area (Å²) in [6.45, 7) is 0.400. The van der Waals surface area contributed by atoms with Gasteiger partial charge in [-0.25, -0.2) is 9.18 Å². The molecule has 4 rings (SSSR count). The van der Waals surface area contributed by atoms with Crippen molar-refractivity contribution in [2.24, 2.45) is 5.73 Å². The standard InChI is InChI=1S/C23H27FN4O2/c1-27(2)23(17-6-4-3-5-7-17)12-10-22(11-13-23)15-28(21(30)26-22)19-9-8-16(20(25)29)14-18(19)24/h3-9,14H,10-13,15H2,1-2H3,(H2,25,29)(H,26,30)/t22-,23-. The van der Waals surface area contributed by atoms with Gasteiger partial charge in [-0.3, -0.25) is 14.6 Å². The fourth-order valence-electron chi connectivity index (χ4n) is 4.95. The minimum atomic E-state index is -0.698. The van der Waals surface area contributed by atoms with Crippen molar-refractivity contribution in [1.82, 2.24) is 10.2 Å². The number of hydrogen-bond donors (Lipinski definition) is 2. The highest BCUT2D eigenvalue weighted by Crippen LogP contribution is 2.46. The minimum Gasteiger partial charge on any atom is -0.366 e. The summed E-state index contributed by atoms with van der Waals surface area (Å²) in [5.74, 6) is -1.32. The average Bonchev–Trinajstić information content (AvgIpc) is 3.04. The van der Waals surface area contributed by atoms with Crippen molar-refractivity contribution in [1.29, 1.82) is 0 Å². The topological polar surface area (TPSA) is 78.7 Å². The van der Waals surface area contributed by atoms with Crippen LogP contribution in [0.3, 0.4) is 0 Å². The highest BCUT2D eigenvalue weighted by atomic mass is 19.1. The molecule has 1 aliphatic carbocycles. The van der Waals surface area contributed by atoms with Gasteiger partial charge in [0.15, 0.2) is 0 Å². The smallest absolute Gasteiger partial charge is 0.322 e. The van der Waals surface area contributed by atoms with Crippen LogP contribution in [0.1, 0.15) is 41.6 Å². The van der Waals surface area contributed by atoms with Crippen LogP contribution in [0.4, 0.5) is 14.9 Å². The molecule has 1 spiro atoms. The zero-order valence-corrected chi connectivity index (χ0v) is 17.3. The Morgan fingerprint density at radius 3 is 2.33 bits per heavy atom. The number of carbonyl (C=O) groups excluding carboxylic acids is 2. The van der Waals surface area contributed by atoms with E-state index in [4.69, 9.17) is 5.73 Å². The fraction of sp³-hybridized carbons (Fsp3) is 0.391. The second-order valence-electron chi connectivity index (χ2n) is 8.62. The number of hydrogen-bond acceptors (Lipinski definition) is 3. The van der Waals surface area contributed by atoms with E-state index in [1.807, 2.05) is 6.07 Å². The molecule has 3 N–H and O–H groups in total. The third kappa shape index (κ3) is 3.33. The lowest BCUT2D eigenvalue weighted by Crippen LogP contribution is -2.54. The van der Waals surface area contributed by atoms with E-state index in [1.165, 1.54) is 22.6 Å². The van der Waals surface area contributed by atoms with Crippen molar-refractivity contribution in [2.75, 3.05) is 25.5 Å². The maximum Gasteiger partial charge on any atom is 0.322 e. The van der Waals surface area contributed by atoms with Crippen molar-refractivity contribution < 1.29 is 14.0 Å². The number of nitrogens with one attached hydrogen (secondary N) is 1. The molecule has 7 heteroatoms. The van der Waals surface area contributed by atoms with Gasteiger partial charge in [-0.2, -0.15) is 0 Å². The molecule has 0 bridgehead atoms. The first-order valence-electron chi connectivity index (χ1n) is 10.2. The number of rotatable bonds is 4. The van der Waals surface area contributed by atoms with E-state index in [2.05, 4.69) is 48.6 Å². The maximum atomic E-state index is 14.6. The van der Waals surface area contributed by atoms with Crippen LogP contribution in [-0.2, 0) is 5.54 Å². The normalized spacial score (nSPS) is 26.3. The van der Waals surface area contributed by atoms with E-state index < -0.39 is 11.7 Å². The van der Waals surface area contributed by atoms with E-state index in [1.54, 1.807) is 0 Å². The molecule has 1 aliphatic heterocycles. The number of halogens is 1. The van der Waals surface area contributed by atoms with Crippen LogP contribution in [0.25, 0.3) is 0 Å². The highest BCUT2D eigenvalue weighted by molar-refractivity contribution is 5.97. The van der Waals surface area contributed by atoms with Crippen LogP contribution in [0.5, 0.6) is 0 Å². The van der Waals surface area contributed by atoms with Crippen molar-refractivity contribution in [3.63, 3.8) is 0 Å². The Bertz CT molecular complexity index is 968. The number of nitrogens with zero attached hydrogens (tertiary/aromatic N) is 2. The molecule has 1 saturated carbocycles. The lowest BCUT2D eigenvalue weighted by atomic mass is 9.69. The Labute approximate surface area is 175 Å². The Hall–Kier alpha value is -2.93. The predicted molar refractivity (Wildman–Crippen MR) is 114 cm³/mol. The third-order valence-electron chi connectivity index (χ3n) is 6.80. The summed E-state index contributed by atoms with van der Waals surface area (Å²) in [5, 5.41) is 3.12. The molecule has 2 aromatic rings. The third-order valence-corrected chi connectivity index (χ3v) is 6.80. The summed E-state index contributed by atoms with van der Waals surface area (Å²) in [5.41, 5.74) is 6.28. The van der Waals surface area contributed by atoms with Gasteiger partial charge in [0, 0.05) is 11.1 Å². The van der Waals surface area contributed by atoms with Crippen LogP contribution in [0.15, 0.2) is 48.5 Å². The van der Waals surface area contributed by atoms with Gasteiger partial charge in [-0.15, -0.1) is 0 Å². The first-order valence-corrected chi connectivity index (χ1v) is 10.2. The molecule has 1 saturated heterocycles. The summed E-state index contributed by atoms with van der Waals surface area (Å²) >= 11 is 0. The largest absolute Gasteiger partial charge is 0.366 e. The van der Waals surface area contributed by atoms with Crippen LogP contribution in [-0.4, -0.2) is 43.0 Å². The zero-order valence-electron chi connectivity index (χ0n) is 17.3. The zero-order chi connectivity index (χ0) is 21.5. The molecule has 1 heterocycles. The molecule has 158 valence electrons. The van der Waals surface area contributed by atoms with Crippen molar-refractivity contribution in [2.45, 2.75) is 36.8 Å². The number of amides is 3. The Morgan fingerprint density at radius 1 is 1.10 bits per heavy atom. The average molecular weight is 410 g/mol. The number of nitrogens with two attached hydrogens (primary N) is 1. The van der Waals surface area contributed by atoms with Gasteiger partial charge in [0.05, 0.1) is 17.8 Å². The predicted octanol–water partition coefficient (Wildman–Crippen LogP) is 3.22. The molecule has 30 heavy (non-hydrogen) atoms. The molecular weight excluding hydrogens is 383 g/mol. The Kier molecular flexibility index (Phi) is 5.02. The second kappa shape index (κ2) is 7.40. The van der Waals surface area contributed by atoms with E-state index >= 15 is 0 Å². The summed E-state index contributed by atoms with van der Waals surface area (Å²) in [6, 6.07) is 14.1. The van der Waals surface area contributed by atoms with Crippen molar-refractivity contribution in [3.8, 4) is 0 Å². The molecule has 6 nitrogen and oxygen atoms in total. The summed E-state index contributed by atoms with van der Waals surface area (Å²) in [6.07, 6.45) is 3.37. The molecule has 0 aromatic heterocycles. The molecule has 0 atom stereocenters. The van der Waals surface area contributed by atoms with Crippen LogP contribution in [0.2, 0.25) is 0 Å². The first-order chi connectivity index (χ1) is 14.3. The van der Waals surface area contributed by atoms with Crippen LogP contribution in [0, 0.1) is 5.82 Å². The molecular formula is C23H27FN4O2. The minimum absolute atomic E-state index is 0.0843. The van der Waals surface area contributed by atoms with Gasteiger partial charge >= 0.3 is 6.03 Å². The second-order valence-corrected chi connectivity index (χ2v) is 8.62. The van der Waals surface area contributed by atoms with Gasteiger partial charge < -0.3 is 11.1 Å². The molecule has 2 fully saturated rings. The lowest BCUT2D eigenvalue weighted by Gasteiger charge is -2.48. The molecule has 0 unspecified atom stereocenters. The summed E-state index contributed by atoms with van der Waals surface area (Å²) in [4.78, 5) is 27.7. The number of primary amides is 1. The van der Waals surface area contributed by atoms with Crippen LogP contribution >= 0.6 is 0 Å². The van der Waals surface area contributed by atoms with Gasteiger partial charge in [0.25, 0.3) is 0 Å². The van der Waals surface area contributed by atoms with Gasteiger partial charge in [-0.1, -0.05) is 30.3 Å². The summed E-state index contributed by atoms with van der Waals surface area (Å²) in [7, 11) is 4.19. The maximum absolute atomic E-state index is 14.6. The van der Waals surface area contributed by atoms with E-state index in [0.29, 0.717) is 6.54 Å². The molecule has 0 radical (unpaired) electrons. The Balaban J connectivity index is 1.56. The van der Waals surface area contributed by atoms with Crippen LogP contribution < -0.4 is 16.0 Å². The van der Waals surface area contributed by atoms with Crippen molar-refractivity contribution >= 4 is 17.6 Å². The molecule has 2 aromatic carbocycles. The quantitative estimate of drug-likeness (QED) is 0.812. The van der Waals surface area contributed by atoms with E-state index in [0.717, 1.165) is 31.7 Å². The number of benzene rings is 2. The number of anilines is 1. The number of carbonyl (C=O) groups is 2. The first kappa shape index (κ1) is 20.3. The van der Waals surface area contributed by atoms with Crippen molar-refractivity contribution in [3.05, 3.63) is 65.5 Å². The monoisotopic (exact) mass is 410 g/mol. The van der Waals surface area contributed by atoms with Gasteiger partial charge in [-0.05, 0) is 63.5 Å². The Morgan fingerprint density at radius 2 is 1.77 bits per heavy atom. The fourth-order valence-corrected chi connectivity index (χ4v) is 4.95. The van der Waals surface area contributed by atoms with Gasteiger partial charge in [0.1, 0.15) is 5.82 Å². The summed E-state index contributed by atoms with van der Waals surface area (Å²) < 4.78 is 14.6. The lowest BCUT2D eigenvalue weighted by molar-refractivity contribution is 0.0657. The van der Waals surface area contributed by atoms with E-state index in [-0.39, 0.29) is 28.4 Å². The SMILES string of the molecule is CN(C)[C@]1(c2ccccc2)CC[C@@]2(CC1)CN(c1ccc(C(N)=O)cc1F)C(=O)N2.